The molecule has 4 rings (SSSR count). The minimum Gasteiger partial charge on any atom is -0.304 e. The van der Waals surface area contributed by atoms with Crippen molar-refractivity contribution >= 4 is 11.7 Å². The number of aryl methyl sites for hydroxylation is 1. The lowest BCUT2D eigenvalue weighted by Crippen LogP contribution is -2.42. The predicted molar refractivity (Wildman–Crippen MR) is 109 cm³/mol. The molecule has 30 heavy (non-hydrogen) atoms. The first-order chi connectivity index (χ1) is 14.4. The first kappa shape index (κ1) is 20.4. The van der Waals surface area contributed by atoms with Gasteiger partial charge in [0.1, 0.15) is 5.82 Å². The number of hydrogen-bond donors (Lipinski definition) is 1. The Hall–Kier alpha value is -2.85. The maximum atomic E-state index is 14.8. The molecule has 1 aliphatic heterocycles. The molecule has 2 fully saturated rings. The summed E-state index contributed by atoms with van der Waals surface area (Å²) in [4.78, 5) is 24.2. The quantitative estimate of drug-likeness (QED) is 0.791. The van der Waals surface area contributed by atoms with Crippen molar-refractivity contribution in [3.63, 3.8) is 0 Å². The molecule has 6 nitrogen and oxygen atoms in total. The molecule has 1 aromatic carbocycles. The Morgan fingerprint density at radius 2 is 2.17 bits per heavy atom. The summed E-state index contributed by atoms with van der Waals surface area (Å²) in [5, 5.41) is 17.1. The van der Waals surface area contributed by atoms with Crippen molar-refractivity contribution in [3.05, 3.63) is 41.3 Å². The molecule has 2 aliphatic rings. The van der Waals surface area contributed by atoms with Gasteiger partial charge in [0, 0.05) is 30.6 Å². The second kappa shape index (κ2) is 8.11. The van der Waals surface area contributed by atoms with Crippen LogP contribution in [0.5, 0.6) is 0 Å². The Kier molecular flexibility index (Phi) is 5.52. The van der Waals surface area contributed by atoms with Gasteiger partial charge in [-0.3, -0.25) is 9.59 Å². The first-order valence-electron chi connectivity index (χ1n) is 10.4. The maximum Gasteiger partial charge on any atom is 0.243 e. The van der Waals surface area contributed by atoms with Gasteiger partial charge in [-0.2, -0.15) is 10.4 Å². The van der Waals surface area contributed by atoms with E-state index in [0.717, 1.165) is 19.3 Å². The molecule has 1 aromatic heterocycles. The number of fused-ring (bicyclic) bond motifs is 2. The van der Waals surface area contributed by atoms with E-state index in [1.54, 1.807) is 25.1 Å². The highest BCUT2D eigenvalue weighted by atomic mass is 19.1. The highest BCUT2D eigenvalue weighted by Crippen LogP contribution is 2.36. The molecule has 2 aromatic rings. The smallest absolute Gasteiger partial charge is 0.243 e. The third kappa shape index (κ3) is 3.92. The fraction of sp³-hybridized carbons (Fsp3) is 0.478. The number of nitriles is 1. The van der Waals surface area contributed by atoms with Gasteiger partial charge in [0.15, 0.2) is 5.78 Å². The summed E-state index contributed by atoms with van der Waals surface area (Å²) in [6.07, 6.45) is 3.57. The summed E-state index contributed by atoms with van der Waals surface area (Å²) < 4.78 is 16.0. The minimum atomic E-state index is -0.557. The van der Waals surface area contributed by atoms with E-state index in [9.17, 15) is 19.2 Å². The molecule has 0 spiro atoms. The van der Waals surface area contributed by atoms with Crippen molar-refractivity contribution in [3.8, 4) is 17.3 Å². The number of benzene rings is 1. The number of rotatable bonds is 6. The number of nitrogens with zero attached hydrogens (tertiary/aromatic N) is 3. The van der Waals surface area contributed by atoms with Gasteiger partial charge in [-0.15, -0.1) is 0 Å². The Morgan fingerprint density at radius 1 is 1.37 bits per heavy atom. The molecule has 0 amide bonds. The Bertz CT molecular complexity index is 1040. The standard InChI is InChI=1S/C23H25FN4O2/c1-13-7-21(27-28(13)14(2)29)17-4-3-16(20(24)11-17)8-15(12-25)9-22(30)23-18-5-6-19(10-18)26-23/h3-4,7,11,15,18-19,23,26H,5-6,8-10H2,1-2H3/t15-,18+,19-,23+/m1/s1. The topological polar surface area (TPSA) is 87.8 Å². The number of carbonyl (C=O) groups is 2. The Morgan fingerprint density at radius 3 is 2.73 bits per heavy atom. The van der Waals surface area contributed by atoms with Crippen LogP contribution in [-0.4, -0.2) is 33.6 Å². The van der Waals surface area contributed by atoms with E-state index in [0.29, 0.717) is 34.5 Å². The normalized spacial score (nSPS) is 23.3. The van der Waals surface area contributed by atoms with Crippen LogP contribution in [-0.2, 0) is 11.2 Å². The molecule has 1 saturated heterocycles. The maximum absolute atomic E-state index is 14.8. The summed E-state index contributed by atoms with van der Waals surface area (Å²) in [6.45, 7) is 3.19. The summed E-state index contributed by atoms with van der Waals surface area (Å²) >= 11 is 0. The molecular weight excluding hydrogens is 383 g/mol. The van der Waals surface area contributed by atoms with Gasteiger partial charge >= 0.3 is 0 Å². The van der Waals surface area contributed by atoms with Crippen molar-refractivity contribution in [1.82, 2.24) is 15.1 Å². The van der Waals surface area contributed by atoms with Crippen LogP contribution in [0.2, 0.25) is 0 Å². The highest BCUT2D eigenvalue weighted by Gasteiger charge is 2.42. The summed E-state index contributed by atoms with van der Waals surface area (Å²) in [6, 6.07) is 8.94. The second-order valence-electron chi connectivity index (χ2n) is 8.52. The Labute approximate surface area is 175 Å². The van der Waals surface area contributed by atoms with Gasteiger partial charge in [0.05, 0.1) is 23.7 Å². The van der Waals surface area contributed by atoms with Crippen LogP contribution in [0.4, 0.5) is 4.39 Å². The van der Waals surface area contributed by atoms with Crippen molar-refractivity contribution in [2.75, 3.05) is 0 Å². The number of piperidine rings is 1. The van der Waals surface area contributed by atoms with Gasteiger partial charge in [0.25, 0.3) is 0 Å². The SMILES string of the molecule is CC(=O)n1nc(-c2ccc(C[C@@H](C#N)CC(=O)[C@H]3N[C@@H]4CC[C@H]3C4)c(F)c2)cc1C. The summed E-state index contributed by atoms with van der Waals surface area (Å²) in [7, 11) is 0. The molecule has 1 aliphatic carbocycles. The lowest BCUT2D eigenvalue weighted by Gasteiger charge is -2.22. The zero-order chi connectivity index (χ0) is 21.4. The van der Waals surface area contributed by atoms with Crippen molar-refractivity contribution in [2.24, 2.45) is 11.8 Å². The zero-order valence-corrected chi connectivity index (χ0v) is 17.2. The zero-order valence-electron chi connectivity index (χ0n) is 17.2. The first-order valence-corrected chi connectivity index (χ1v) is 10.4. The number of halogens is 1. The number of carbonyl (C=O) groups excluding carboxylic acids is 2. The number of ketones is 1. The molecule has 0 unspecified atom stereocenters. The van der Waals surface area contributed by atoms with E-state index in [1.807, 2.05) is 0 Å². The molecule has 7 heteroatoms. The molecular formula is C23H25FN4O2. The van der Waals surface area contributed by atoms with Gasteiger partial charge in [-0.05, 0) is 56.2 Å². The van der Waals surface area contributed by atoms with Crippen LogP contribution < -0.4 is 5.32 Å². The molecule has 2 bridgehead atoms. The minimum absolute atomic E-state index is 0.0658. The molecule has 1 N–H and O–H groups in total. The van der Waals surface area contributed by atoms with Crippen LogP contribution >= 0.6 is 0 Å². The molecule has 1 saturated carbocycles. The lowest BCUT2D eigenvalue weighted by atomic mass is 9.88. The van der Waals surface area contributed by atoms with Gasteiger partial charge in [-0.1, -0.05) is 12.1 Å². The number of nitrogens with one attached hydrogen (secondary N) is 1. The van der Waals surface area contributed by atoms with E-state index < -0.39 is 11.7 Å². The third-order valence-electron chi connectivity index (χ3n) is 6.34. The Balaban J connectivity index is 1.45. The van der Waals surface area contributed by atoms with Crippen LogP contribution in [0, 0.1) is 35.9 Å². The number of hydrogen-bond acceptors (Lipinski definition) is 5. The number of Topliss-reactive ketones (excluding diaryl/α,β-unsaturated/α-hetero) is 1. The predicted octanol–water partition coefficient (Wildman–Crippen LogP) is 3.44. The number of aromatic nitrogens is 2. The van der Waals surface area contributed by atoms with Crippen LogP contribution in [0.3, 0.4) is 0 Å². The monoisotopic (exact) mass is 408 g/mol. The molecule has 2 heterocycles. The van der Waals surface area contributed by atoms with Crippen molar-refractivity contribution in [2.45, 2.75) is 58.0 Å². The van der Waals surface area contributed by atoms with Crippen LogP contribution in [0.15, 0.2) is 24.3 Å². The van der Waals surface area contributed by atoms with Crippen molar-refractivity contribution in [1.29, 1.82) is 5.26 Å². The van der Waals surface area contributed by atoms with Crippen molar-refractivity contribution < 1.29 is 14.0 Å². The van der Waals surface area contributed by atoms with Gasteiger partial charge in [0.2, 0.25) is 5.91 Å². The van der Waals surface area contributed by atoms with E-state index in [-0.39, 0.29) is 30.6 Å². The van der Waals surface area contributed by atoms with Gasteiger partial charge in [-0.25, -0.2) is 9.07 Å². The van der Waals surface area contributed by atoms with E-state index >= 15 is 0 Å². The van der Waals surface area contributed by atoms with E-state index in [4.69, 9.17) is 0 Å². The summed E-state index contributed by atoms with van der Waals surface area (Å²) in [5.74, 6) is -0.749. The highest BCUT2D eigenvalue weighted by molar-refractivity contribution is 5.85. The van der Waals surface area contributed by atoms with E-state index in [2.05, 4.69) is 16.5 Å². The molecule has 4 atom stereocenters. The van der Waals surface area contributed by atoms with E-state index in [1.165, 1.54) is 17.7 Å². The van der Waals surface area contributed by atoms with Crippen LogP contribution in [0.25, 0.3) is 11.3 Å². The average Bonchev–Trinajstić information content (AvgIpc) is 3.44. The average molecular weight is 408 g/mol. The largest absolute Gasteiger partial charge is 0.304 e. The molecule has 0 radical (unpaired) electrons. The lowest BCUT2D eigenvalue weighted by molar-refractivity contribution is -0.122. The van der Waals surface area contributed by atoms with Crippen LogP contribution in [0.1, 0.15) is 48.7 Å². The second-order valence-corrected chi connectivity index (χ2v) is 8.52. The van der Waals surface area contributed by atoms with Gasteiger partial charge < -0.3 is 5.32 Å². The molecule has 156 valence electrons. The third-order valence-corrected chi connectivity index (χ3v) is 6.34. The summed E-state index contributed by atoms with van der Waals surface area (Å²) in [5.41, 5.74) is 2.17. The fourth-order valence-electron chi connectivity index (χ4n) is 4.82. The fourth-order valence-corrected chi connectivity index (χ4v) is 4.82.